The Morgan fingerprint density at radius 1 is 1.53 bits per heavy atom. The van der Waals surface area contributed by atoms with E-state index in [9.17, 15) is 4.79 Å². The molecule has 0 aliphatic carbocycles. The number of rotatable bonds is 7. The minimum atomic E-state index is 0.171. The highest BCUT2D eigenvalue weighted by molar-refractivity contribution is 5.76. The molecule has 1 aromatic heterocycles. The van der Waals surface area contributed by atoms with E-state index in [0.717, 1.165) is 18.7 Å². The molecule has 4 nitrogen and oxygen atoms in total. The number of aryl methyl sites for hydroxylation is 1. The van der Waals surface area contributed by atoms with Crippen LogP contribution in [0, 0.1) is 0 Å². The second-order valence-electron chi connectivity index (χ2n) is 4.40. The van der Waals surface area contributed by atoms with Crippen molar-refractivity contribution in [2.24, 2.45) is 5.73 Å². The third-order valence-corrected chi connectivity index (χ3v) is 2.71. The van der Waals surface area contributed by atoms with Gasteiger partial charge in [0.2, 0.25) is 5.91 Å². The van der Waals surface area contributed by atoms with Gasteiger partial charge in [0.1, 0.15) is 5.76 Å². The molecule has 1 aromatic rings. The van der Waals surface area contributed by atoms with E-state index in [1.54, 1.807) is 6.26 Å². The maximum absolute atomic E-state index is 12.0. The Balaban J connectivity index is 2.42. The van der Waals surface area contributed by atoms with Crippen molar-refractivity contribution in [1.29, 1.82) is 0 Å². The van der Waals surface area contributed by atoms with Crippen LogP contribution in [-0.2, 0) is 11.2 Å². The minimum absolute atomic E-state index is 0.171. The molecule has 0 atom stereocenters. The van der Waals surface area contributed by atoms with Gasteiger partial charge in [-0.2, -0.15) is 0 Å². The number of furan rings is 1. The molecule has 0 spiro atoms. The monoisotopic (exact) mass is 238 g/mol. The maximum atomic E-state index is 12.0. The van der Waals surface area contributed by atoms with Crippen LogP contribution in [-0.4, -0.2) is 29.9 Å². The van der Waals surface area contributed by atoms with Crippen molar-refractivity contribution in [2.45, 2.75) is 39.2 Å². The van der Waals surface area contributed by atoms with Crippen molar-refractivity contribution in [3.8, 4) is 0 Å². The van der Waals surface area contributed by atoms with Crippen molar-refractivity contribution in [1.82, 2.24) is 4.90 Å². The summed E-state index contributed by atoms with van der Waals surface area (Å²) in [5.41, 5.74) is 5.48. The molecule has 0 aromatic carbocycles. The van der Waals surface area contributed by atoms with Gasteiger partial charge in [0, 0.05) is 25.4 Å². The molecule has 4 heteroatoms. The number of hydrogen-bond acceptors (Lipinski definition) is 3. The lowest BCUT2D eigenvalue weighted by Crippen LogP contribution is -2.38. The minimum Gasteiger partial charge on any atom is -0.469 e. The molecule has 0 fully saturated rings. The van der Waals surface area contributed by atoms with Crippen LogP contribution in [0.2, 0.25) is 0 Å². The second kappa shape index (κ2) is 7.12. The van der Waals surface area contributed by atoms with Gasteiger partial charge in [-0.05, 0) is 38.9 Å². The Morgan fingerprint density at radius 3 is 2.82 bits per heavy atom. The molecule has 1 rings (SSSR count). The van der Waals surface area contributed by atoms with E-state index in [2.05, 4.69) is 0 Å². The van der Waals surface area contributed by atoms with Gasteiger partial charge in [-0.25, -0.2) is 0 Å². The lowest BCUT2D eigenvalue weighted by molar-refractivity contribution is -0.132. The Hall–Kier alpha value is -1.29. The fourth-order valence-corrected chi connectivity index (χ4v) is 1.76. The smallest absolute Gasteiger partial charge is 0.223 e. The summed E-state index contributed by atoms with van der Waals surface area (Å²) in [4.78, 5) is 13.9. The van der Waals surface area contributed by atoms with E-state index in [4.69, 9.17) is 10.2 Å². The lowest BCUT2D eigenvalue weighted by atomic mass is 10.2. The van der Waals surface area contributed by atoms with Crippen LogP contribution in [0.4, 0.5) is 0 Å². The number of carbonyl (C=O) groups excluding carboxylic acids is 1. The van der Waals surface area contributed by atoms with Crippen LogP contribution in [0.1, 0.15) is 32.4 Å². The van der Waals surface area contributed by atoms with Gasteiger partial charge >= 0.3 is 0 Å². The number of nitrogens with zero attached hydrogens (tertiary/aromatic N) is 1. The zero-order chi connectivity index (χ0) is 12.7. The van der Waals surface area contributed by atoms with E-state index in [0.29, 0.717) is 19.4 Å². The quantitative estimate of drug-likeness (QED) is 0.788. The molecule has 0 aliphatic heterocycles. The Morgan fingerprint density at radius 2 is 2.29 bits per heavy atom. The van der Waals surface area contributed by atoms with E-state index < -0.39 is 0 Å². The molecular formula is C13H22N2O2. The zero-order valence-corrected chi connectivity index (χ0v) is 10.7. The number of nitrogens with two attached hydrogens (primary N) is 1. The standard InChI is InChI=1S/C13H22N2O2/c1-11(2)15(9-4-8-14)13(16)7-6-12-5-3-10-17-12/h3,5,10-11H,4,6-9,14H2,1-2H3. The molecule has 0 unspecified atom stereocenters. The van der Waals surface area contributed by atoms with Crippen molar-refractivity contribution in [2.75, 3.05) is 13.1 Å². The third kappa shape index (κ3) is 4.61. The van der Waals surface area contributed by atoms with Gasteiger partial charge in [0.15, 0.2) is 0 Å². The Bertz CT molecular complexity index is 320. The first kappa shape index (κ1) is 13.8. The molecule has 0 saturated carbocycles. The van der Waals surface area contributed by atoms with E-state index in [1.165, 1.54) is 0 Å². The molecule has 17 heavy (non-hydrogen) atoms. The maximum Gasteiger partial charge on any atom is 0.223 e. The first-order valence-electron chi connectivity index (χ1n) is 6.17. The normalized spacial score (nSPS) is 10.8. The van der Waals surface area contributed by atoms with E-state index >= 15 is 0 Å². The van der Waals surface area contributed by atoms with Gasteiger partial charge in [0.05, 0.1) is 6.26 Å². The fourth-order valence-electron chi connectivity index (χ4n) is 1.76. The zero-order valence-electron chi connectivity index (χ0n) is 10.7. The third-order valence-electron chi connectivity index (χ3n) is 2.71. The Labute approximate surface area is 103 Å². The van der Waals surface area contributed by atoms with Crippen LogP contribution in [0.5, 0.6) is 0 Å². The molecule has 0 aliphatic rings. The molecule has 2 N–H and O–H groups in total. The van der Waals surface area contributed by atoms with E-state index in [1.807, 2.05) is 30.9 Å². The van der Waals surface area contributed by atoms with Crippen molar-refractivity contribution in [3.05, 3.63) is 24.2 Å². The molecule has 0 saturated heterocycles. The number of amides is 1. The molecule has 0 radical (unpaired) electrons. The molecule has 1 heterocycles. The summed E-state index contributed by atoms with van der Waals surface area (Å²) >= 11 is 0. The van der Waals surface area contributed by atoms with Crippen molar-refractivity contribution >= 4 is 5.91 Å². The second-order valence-corrected chi connectivity index (χ2v) is 4.40. The summed E-state index contributed by atoms with van der Waals surface area (Å²) in [6.45, 7) is 5.42. The number of carbonyl (C=O) groups is 1. The van der Waals surface area contributed by atoms with Crippen molar-refractivity contribution < 1.29 is 9.21 Å². The van der Waals surface area contributed by atoms with Gasteiger partial charge in [-0.15, -0.1) is 0 Å². The predicted octanol–water partition coefficient (Wildman–Crippen LogP) is 1.80. The topological polar surface area (TPSA) is 59.5 Å². The van der Waals surface area contributed by atoms with Crippen LogP contribution < -0.4 is 5.73 Å². The van der Waals surface area contributed by atoms with Gasteiger partial charge < -0.3 is 15.1 Å². The van der Waals surface area contributed by atoms with Crippen LogP contribution in [0.3, 0.4) is 0 Å². The summed E-state index contributed by atoms with van der Waals surface area (Å²) in [5.74, 6) is 1.03. The van der Waals surface area contributed by atoms with Gasteiger partial charge in [-0.1, -0.05) is 0 Å². The summed E-state index contributed by atoms with van der Waals surface area (Å²) in [5, 5.41) is 0. The summed E-state index contributed by atoms with van der Waals surface area (Å²) in [6.07, 6.45) is 3.65. The Kier molecular flexibility index (Phi) is 5.77. The first-order chi connectivity index (χ1) is 8.15. The van der Waals surface area contributed by atoms with E-state index in [-0.39, 0.29) is 11.9 Å². The summed E-state index contributed by atoms with van der Waals surface area (Å²) < 4.78 is 5.21. The highest BCUT2D eigenvalue weighted by Crippen LogP contribution is 2.08. The summed E-state index contributed by atoms with van der Waals surface area (Å²) in [7, 11) is 0. The fraction of sp³-hybridized carbons (Fsp3) is 0.615. The van der Waals surface area contributed by atoms with Crippen molar-refractivity contribution in [3.63, 3.8) is 0 Å². The molecule has 96 valence electrons. The first-order valence-corrected chi connectivity index (χ1v) is 6.17. The molecule has 0 bridgehead atoms. The van der Waals surface area contributed by atoms with Crippen LogP contribution in [0.25, 0.3) is 0 Å². The molecular weight excluding hydrogens is 216 g/mol. The number of hydrogen-bond donors (Lipinski definition) is 1. The molecule has 1 amide bonds. The highest BCUT2D eigenvalue weighted by Gasteiger charge is 2.16. The highest BCUT2D eigenvalue weighted by atomic mass is 16.3. The summed E-state index contributed by atoms with van der Waals surface area (Å²) in [6, 6.07) is 3.96. The van der Waals surface area contributed by atoms with Gasteiger partial charge in [-0.3, -0.25) is 4.79 Å². The predicted molar refractivity (Wildman–Crippen MR) is 67.5 cm³/mol. The average molecular weight is 238 g/mol. The largest absolute Gasteiger partial charge is 0.469 e. The van der Waals surface area contributed by atoms with Crippen LogP contribution in [0.15, 0.2) is 22.8 Å². The lowest BCUT2D eigenvalue weighted by Gasteiger charge is -2.26. The van der Waals surface area contributed by atoms with Crippen LogP contribution >= 0.6 is 0 Å². The average Bonchev–Trinajstić information content (AvgIpc) is 2.79. The SMILES string of the molecule is CC(C)N(CCCN)C(=O)CCc1ccco1. The van der Waals surface area contributed by atoms with Gasteiger partial charge in [0.25, 0.3) is 0 Å².